The van der Waals surface area contributed by atoms with Gasteiger partial charge in [0.15, 0.2) is 0 Å². The van der Waals surface area contributed by atoms with Crippen LogP contribution in [-0.2, 0) is 4.79 Å². The Morgan fingerprint density at radius 1 is 1.45 bits per heavy atom. The molecule has 0 bridgehead atoms. The van der Waals surface area contributed by atoms with Crippen LogP contribution >= 0.6 is 0 Å². The van der Waals surface area contributed by atoms with Gasteiger partial charge in [0.05, 0.1) is 12.1 Å². The van der Waals surface area contributed by atoms with Crippen LogP contribution in [0.4, 0.5) is 5.69 Å². The molecule has 1 aliphatic heterocycles. The van der Waals surface area contributed by atoms with E-state index in [4.69, 9.17) is 0 Å². The normalized spacial score (nSPS) is 23.0. The van der Waals surface area contributed by atoms with E-state index >= 15 is 0 Å². The van der Waals surface area contributed by atoms with Gasteiger partial charge < -0.3 is 10.0 Å². The zero-order chi connectivity index (χ0) is 14.8. The van der Waals surface area contributed by atoms with Crippen molar-refractivity contribution in [3.05, 3.63) is 29.8 Å². The number of amides is 1. The number of aryl methyl sites for hydroxylation is 1. The minimum Gasteiger partial charge on any atom is -0.389 e. The van der Waals surface area contributed by atoms with Gasteiger partial charge in [0.25, 0.3) is 0 Å². The first kappa shape index (κ1) is 15.0. The Labute approximate surface area is 121 Å². The minimum absolute atomic E-state index is 0.0968. The number of likely N-dealkylation sites (tertiary alicyclic amines) is 1. The van der Waals surface area contributed by atoms with Crippen molar-refractivity contribution in [2.75, 3.05) is 31.1 Å². The molecule has 4 nitrogen and oxygen atoms in total. The Bertz CT molecular complexity index is 485. The van der Waals surface area contributed by atoms with Crippen LogP contribution in [0.5, 0.6) is 0 Å². The molecule has 1 N–H and O–H groups in total. The smallest absolute Gasteiger partial charge is 0.241 e. The van der Waals surface area contributed by atoms with Gasteiger partial charge in [-0.05, 0) is 38.8 Å². The van der Waals surface area contributed by atoms with E-state index in [1.807, 2.05) is 54.8 Å². The van der Waals surface area contributed by atoms with Crippen LogP contribution < -0.4 is 4.90 Å². The molecular formula is C16H24N2O2. The summed E-state index contributed by atoms with van der Waals surface area (Å²) < 4.78 is 0. The van der Waals surface area contributed by atoms with Crippen molar-refractivity contribution in [3.8, 4) is 0 Å². The van der Waals surface area contributed by atoms with Crippen molar-refractivity contribution in [2.24, 2.45) is 0 Å². The zero-order valence-electron chi connectivity index (χ0n) is 12.6. The Balaban J connectivity index is 2.05. The van der Waals surface area contributed by atoms with E-state index in [1.165, 1.54) is 0 Å². The number of rotatable bonds is 4. The summed E-state index contributed by atoms with van der Waals surface area (Å²) in [6.45, 7) is 8.23. The maximum atomic E-state index is 12.5. The van der Waals surface area contributed by atoms with Gasteiger partial charge in [-0.15, -0.1) is 0 Å². The summed E-state index contributed by atoms with van der Waals surface area (Å²) >= 11 is 0. The van der Waals surface area contributed by atoms with Crippen LogP contribution in [-0.4, -0.2) is 47.7 Å². The average Bonchev–Trinajstić information content (AvgIpc) is 2.72. The van der Waals surface area contributed by atoms with Crippen molar-refractivity contribution in [3.63, 3.8) is 0 Å². The van der Waals surface area contributed by atoms with Gasteiger partial charge >= 0.3 is 0 Å². The van der Waals surface area contributed by atoms with Crippen LogP contribution in [0.2, 0.25) is 0 Å². The lowest BCUT2D eigenvalue weighted by atomic mass is 10.1. The van der Waals surface area contributed by atoms with Gasteiger partial charge in [-0.3, -0.25) is 9.69 Å². The summed E-state index contributed by atoms with van der Waals surface area (Å²) in [5, 5.41) is 9.97. The number of para-hydroxylation sites is 1. The third-order valence-corrected chi connectivity index (χ3v) is 3.91. The fraction of sp³-hybridized carbons (Fsp3) is 0.562. The summed E-state index contributed by atoms with van der Waals surface area (Å²) in [5.41, 5.74) is 1.43. The van der Waals surface area contributed by atoms with E-state index in [9.17, 15) is 9.90 Å². The van der Waals surface area contributed by atoms with Gasteiger partial charge in [0.1, 0.15) is 0 Å². The Morgan fingerprint density at radius 3 is 2.70 bits per heavy atom. The average molecular weight is 276 g/mol. The monoisotopic (exact) mass is 276 g/mol. The number of aliphatic hydroxyl groups is 1. The van der Waals surface area contributed by atoms with E-state index in [-0.39, 0.29) is 5.91 Å². The highest BCUT2D eigenvalue weighted by molar-refractivity contribution is 5.95. The summed E-state index contributed by atoms with van der Waals surface area (Å²) in [6.07, 6.45) is 0.733. The molecular weight excluding hydrogens is 252 g/mol. The number of nitrogens with zero attached hydrogens (tertiary/aromatic N) is 2. The van der Waals surface area contributed by atoms with Crippen LogP contribution in [0.1, 0.15) is 25.8 Å². The maximum Gasteiger partial charge on any atom is 0.241 e. The van der Waals surface area contributed by atoms with Crippen LogP contribution in [0.15, 0.2) is 24.3 Å². The second-order valence-corrected chi connectivity index (χ2v) is 5.88. The Hall–Kier alpha value is -1.39. The summed E-state index contributed by atoms with van der Waals surface area (Å²) in [4.78, 5) is 16.3. The van der Waals surface area contributed by atoms with Gasteiger partial charge in [0.2, 0.25) is 5.91 Å². The van der Waals surface area contributed by atoms with Gasteiger partial charge in [-0.25, -0.2) is 0 Å². The largest absolute Gasteiger partial charge is 0.389 e. The lowest BCUT2D eigenvalue weighted by Crippen LogP contribution is -2.41. The van der Waals surface area contributed by atoms with E-state index in [2.05, 4.69) is 0 Å². The van der Waals surface area contributed by atoms with Crippen molar-refractivity contribution in [1.82, 2.24) is 4.90 Å². The summed E-state index contributed by atoms with van der Waals surface area (Å²) in [6, 6.07) is 7.94. The van der Waals surface area contributed by atoms with Crippen molar-refractivity contribution in [1.29, 1.82) is 0 Å². The summed E-state index contributed by atoms with van der Waals surface area (Å²) in [5.74, 6) is 0.0968. The molecule has 4 heteroatoms. The quantitative estimate of drug-likeness (QED) is 0.912. The van der Waals surface area contributed by atoms with Crippen LogP contribution in [0.25, 0.3) is 0 Å². The van der Waals surface area contributed by atoms with Crippen LogP contribution in [0, 0.1) is 6.92 Å². The van der Waals surface area contributed by atoms with Crippen molar-refractivity contribution < 1.29 is 9.90 Å². The Kier molecular flexibility index (Phi) is 4.45. The molecule has 2 rings (SSSR count). The summed E-state index contributed by atoms with van der Waals surface area (Å²) in [7, 11) is 0. The lowest BCUT2D eigenvalue weighted by molar-refractivity contribution is -0.119. The molecule has 1 heterocycles. The molecule has 20 heavy (non-hydrogen) atoms. The van der Waals surface area contributed by atoms with Crippen molar-refractivity contribution >= 4 is 11.6 Å². The molecule has 0 saturated carbocycles. The second-order valence-electron chi connectivity index (χ2n) is 5.88. The first-order chi connectivity index (χ1) is 9.43. The van der Waals surface area contributed by atoms with E-state index in [0.717, 1.165) is 24.2 Å². The third-order valence-electron chi connectivity index (χ3n) is 3.91. The molecule has 1 fully saturated rings. The first-order valence-corrected chi connectivity index (χ1v) is 7.23. The highest BCUT2D eigenvalue weighted by atomic mass is 16.3. The van der Waals surface area contributed by atoms with E-state index in [0.29, 0.717) is 19.6 Å². The predicted octanol–water partition coefficient (Wildman–Crippen LogP) is 1.80. The standard InChI is InChI=1S/C16H24N2O2/c1-4-18(14-8-6-5-7-13(14)2)15(19)11-17-10-9-16(3,20)12-17/h5-8,20H,4,9-12H2,1-3H3. The fourth-order valence-corrected chi connectivity index (χ4v) is 2.80. The molecule has 1 aliphatic rings. The highest BCUT2D eigenvalue weighted by Gasteiger charge is 2.32. The molecule has 0 aliphatic carbocycles. The molecule has 1 unspecified atom stereocenters. The van der Waals surface area contributed by atoms with Crippen LogP contribution in [0.3, 0.4) is 0 Å². The van der Waals surface area contributed by atoms with E-state index < -0.39 is 5.60 Å². The SMILES string of the molecule is CCN(C(=O)CN1CCC(C)(O)C1)c1ccccc1C. The number of likely N-dealkylation sites (N-methyl/N-ethyl adjacent to an activating group) is 1. The van der Waals surface area contributed by atoms with Crippen molar-refractivity contribution in [2.45, 2.75) is 32.8 Å². The number of hydrogen-bond acceptors (Lipinski definition) is 3. The Morgan fingerprint density at radius 2 is 2.15 bits per heavy atom. The molecule has 1 atom stereocenters. The first-order valence-electron chi connectivity index (χ1n) is 7.23. The molecule has 1 aromatic carbocycles. The number of β-amino-alcohol motifs (C(OH)–C–C–N with tert-alkyl or cyclic N) is 1. The number of hydrogen-bond donors (Lipinski definition) is 1. The predicted molar refractivity (Wildman–Crippen MR) is 80.9 cm³/mol. The molecule has 1 saturated heterocycles. The topological polar surface area (TPSA) is 43.8 Å². The maximum absolute atomic E-state index is 12.5. The lowest BCUT2D eigenvalue weighted by Gasteiger charge is -2.26. The zero-order valence-corrected chi connectivity index (χ0v) is 12.6. The molecule has 1 aromatic rings. The number of benzene rings is 1. The number of anilines is 1. The van der Waals surface area contributed by atoms with Gasteiger partial charge in [-0.2, -0.15) is 0 Å². The molecule has 0 aromatic heterocycles. The molecule has 110 valence electrons. The minimum atomic E-state index is -0.653. The van der Waals surface area contributed by atoms with Gasteiger partial charge in [0, 0.05) is 25.3 Å². The highest BCUT2D eigenvalue weighted by Crippen LogP contribution is 2.22. The second kappa shape index (κ2) is 5.94. The number of carbonyl (C=O) groups excluding carboxylic acids is 1. The molecule has 0 radical (unpaired) electrons. The number of carbonyl (C=O) groups is 1. The molecule has 1 amide bonds. The van der Waals surface area contributed by atoms with E-state index in [1.54, 1.807) is 0 Å². The van der Waals surface area contributed by atoms with Gasteiger partial charge in [-0.1, -0.05) is 18.2 Å². The fourth-order valence-electron chi connectivity index (χ4n) is 2.80. The third kappa shape index (κ3) is 3.38. The molecule has 0 spiro atoms.